The van der Waals surface area contributed by atoms with Crippen molar-refractivity contribution in [2.75, 3.05) is 5.73 Å². The van der Waals surface area contributed by atoms with Crippen LogP contribution in [0, 0.1) is 6.92 Å². The van der Waals surface area contributed by atoms with Crippen LogP contribution in [-0.4, -0.2) is 29.1 Å². The first-order valence-corrected chi connectivity index (χ1v) is 8.43. The van der Waals surface area contributed by atoms with E-state index in [2.05, 4.69) is 34.7 Å². The number of nitrogen functional groups attached to an aromatic ring is 1. The predicted octanol–water partition coefficient (Wildman–Crippen LogP) is 3.49. The number of nitrogens with zero attached hydrogens (tertiary/aromatic N) is 8. The van der Waals surface area contributed by atoms with E-state index in [9.17, 15) is 0 Å². The molecule has 10 heteroatoms. The highest BCUT2D eigenvalue weighted by molar-refractivity contribution is 7.09. The zero-order chi connectivity index (χ0) is 17.9. The maximum atomic E-state index is 6.28. The van der Waals surface area contributed by atoms with Crippen molar-refractivity contribution >= 4 is 28.2 Å². The summed E-state index contributed by atoms with van der Waals surface area (Å²) in [7, 11) is 0. The Morgan fingerprint density at radius 1 is 1.04 bits per heavy atom. The first-order chi connectivity index (χ1) is 12.7. The quantitative estimate of drug-likeness (QED) is 0.554. The average molecular weight is 363 g/mol. The minimum absolute atomic E-state index is 0.292. The van der Waals surface area contributed by atoms with Crippen molar-refractivity contribution in [3.05, 3.63) is 54.6 Å². The summed E-state index contributed by atoms with van der Waals surface area (Å²) in [6, 6.07) is 11.3. The molecule has 4 rings (SSSR count). The van der Waals surface area contributed by atoms with Gasteiger partial charge in [0, 0.05) is 29.5 Å². The van der Waals surface area contributed by atoms with Gasteiger partial charge in [-0.05, 0) is 13.0 Å². The highest BCUT2D eigenvalue weighted by atomic mass is 32.1. The molecule has 0 unspecified atom stereocenters. The molecule has 3 aromatic heterocycles. The normalized spacial score (nSPS) is 11.3. The summed E-state index contributed by atoms with van der Waals surface area (Å²) in [4.78, 5) is 12.6. The number of azo groups is 1. The van der Waals surface area contributed by atoms with E-state index in [-0.39, 0.29) is 0 Å². The molecule has 1 aromatic carbocycles. The fraction of sp³-hybridized carbons (Fsp3) is 0.0625. The van der Waals surface area contributed by atoms with Gasteiger partial charge in [0.05, 0.1) is 0 Å². The third-order valence-corrected chi connectivity index (χ3v) is 4.13. The molecular formula is C16H13N9S. The van der Waals surface area contributed by atoms with Crippen LogP contribution in [0.3, 0.4) is 0 Å². The van der Waals surface area contributed by atoms with Crippen LogP contribution in [0.4, 0.5) is 16.6 Å². The van der Waals surface area contributed by atoms with Gasteiger partial charge in [-0.25, -0.2) is 15.0 Å². The molecule has 0 atom stereocenters. The lowest BCUT2D eigenvalue weighted by Crippen LogP contribution is -2.05. The number of aromatic nitrogens is 6. The lowest BCUT2D eigenvalue weighted by atomic mass is 10.1. The zero-order valence-corrected chi connectivity index (χ0v) is 14.5. The summed E-state index contributed by atoms with van der Waals surface area (Å²) in [6.45, 7) is 1.80. The van der Waals surface area contributed by atoms with Gasteiger partial charge >= 0.3 is 0 Å². The first kappa shape index (κ1) is 16.0. The Hall–Kier alpha value is -3.53. The van der Waals surface area contributed by atoms with Gasteiger partial charge in [0.15, 0.2) is 11.5 Å². The SMILES string of the molecule is Cc1nsc(N=Nc2c(-c3ccccc3)nn(-c3ncccn3)c2N)n1. The molecule has 0 saturated heterocycles. The van der Waals surface area contributed by atoms with Crippen molar-refractivity contribution in [3.63, 3.8) is 0 Å². The molecule has 0 bridgehead atoms. The Morgan fingerprint density at radius 3 is 2.50 bits per heavy atom. The third-order valence-electron chi connectivity index (χ3n) is 3.44. The third kappa shape index (κ3) is 3.05. The summed E-state index contributed by atoms with van der Waals surface area (Å²) in [5.74, 6) is 1.30. The van der Waals surface area contributed by atoms with Crippen molar-refractivity contribution < 1.29 is 0 Å². The van der Waals surface area contributed by atoms with Crippen LogP contribution >= 0.6 is 11.5 Å². The zero-order valence-electron chi connectivity index (χ0n) is 13.7. The molecule has 4 aromatic rings. The molecule has 0 aliphatic carbocycles. The highest BCUT2D eigenvalue weighted by Crippen LogP contribution is 2.36. The monoisotopic (exact) mass is 363 g/mol. The number of hydrogen-bond acceptors (Lipinski definition) is 9. The Labute approximate surface area is 152 Å². The summed E-state index contributed by atoms with van der Waals surface area (Å²) >= 11 is 1.17. The molecule has 9 nitrogen and oxygen atoms in total. The summed E-state index contributed by atoms with van der Waals surface area (Å²) in [6.07, 6.45) is 3.24. The smallest absolute Gasteiger partial charge is 0.252 e. The van der Waals surface area contributed by atoms with Crippen LogP contribution in [0.25, 0.3) is 17.2 Å². The summed E-state index contributed by atoms with van der Waals surface area (Å²) in [5.41, 5.74) is 8.15. The molecule has 26 heavy (non-hydrogen) atoms. The van der Waals surface area contributed by atoms with E-state index < -0.39 is 0 Å². The number of hydrogen-bond donors (Lipinski definition) is 1. The Kier molecular flexibility index (Phi) is 4.15. The Balaban J connectivity index is 1.85. The number of rotatable bonds is 4. The number of aryl methyl sites for hydroxylation is 1. The van der Waals surface area contributed by atoms with Gasteiger partial charge in [-0.2, -0.15) is 14.2 Å². The lowest BCUT2D eigenvalue weighted by molar-refractivity contribution is 0.820. The molecular weight excluding hydrogens is 350 g/mol. The summed E-state index contributed by atoms with van der Waals surface area (Å²) in [5, 5.41) is 13.4. The standard InChI is InChI=1S/C16H13N9S/c1-10-20-16(26-24-10)22-21-13-12(11-6-3-2-4-7-11)23-25(14(13)17)15-18-8-5-9-19-15/h2-9H,17H2,1H3. The van der Waals surface area contributed by atoms with E-state index >= 15 is 0 Å². The second-order valence-electron chi connectivity index (χ2n) is 5.23. The molecule has 0 aliphatic rings. The van der Waals surface area contributed by atoms with E-state index in [0.717, 1.165) is 5.56 Å². The van der Waals surface area contributed by atoms with Crippen molar-refractivity contribution in [1.82, 2.24) is 29.1 Å². The lowest BCUT2D eigenvalue weighted by Gasteiger charge is -1.99. The summed E-state index contributed by atoms with van der Waals surface area (Å²) < 4.78 is 5.54. The van der Waals surface area contributed by atoms with E-state index in [4.69, 9.17) is 5.73 Å². The first-order valence-electron chi connectivity index (χ1n) is 7.66. The molecule has 2 N–H and O–H groups in total. The maximum Gasteiger partial charge on any atom is 0.252 e. The molecule has 0 radical (unpaired) electrons. The minimum atomic E-state index is 0.292. The highest BCUT2D eigenvalue weighted by Gasteiger charge is 2.19. The predicted molar refractivity (Wildman–Crippen MR) is 97.8 cm³/mol. The molecule has 0 saturated carbocycles. The number of anilines is 1. The van der Waals surface area contributed by atoms with Crippen LogP contribution in [0.5, 0.6) is 0 Å². The van der Waals surface area contributed by atoms with E-state index in [1.54, 1.807) is 25.4 Å². The largest absolute Gasteiger partial charge is 0.382 e. The second-order valence-corrected chi connectivity index (χ2v) is 5.96. The topological polar surface area (TPSA) is 120 Å². The van der Waals surface area contributed by atoms with Crippen molar-refractivity contribution in [3.8, 4) is 17.2 Å². The molecule has 0 aliphatic heterocycles. The van der Waals surface area contributed by atoms with E-state index in [0.29, 0.717) is 34.1 Å². The Bertz CT molecular complexity index is 1050. The van der Waals surface area contributed by atoms with Crippen LogP contribution in [-0.2, 0) is 0 Å². The van der Waals surface area contributed by atoms with Crippen molar-refractivity contribution in [2.24, 2.45) is 10.2 Å². The fourth-order valence-electron chi connectivity index (χ4n) is 2.28. The molecule has 3 heterocycles. The van der Waals surface area contributed by atoms with Gasteiger partial charge in [-0.3, -0.25) is 0 Å². The van der Waals surface area contributed by atoms with Gasteiger partial charge in [-0.15, -0.1) is 10.2 Å². The van der Waals surface area contributed by atoms with Gasteiger partial charge in [-0.1, -0.05) is 30.3 Å². The van der Waals surface area contributed by atoms with Gasteiger partial charge in [0.25, 0.3) is 5.95 Å². The van der Waals surface area contributed by atoms with Crippen LogP contribution in [0.1, 0.15) is 5.82 Å². The fourth-order valence-corrected chi connectivity index (χ4v) is 2.79. The average Bonchev–Trinajstić information content (AvgIpc) is 3.24. The van der Waals surface area contributed by atoms with E-state index in [1.807, 2.05) is 30.3 Å². The van der Waals surface area contributed by atoms with Crippen LogP contribution in [0.15, 0.2) is 59.0 Å². The van der Waals surface area contributed by atoms with Gasteiger partial charge < -0.3 is 5.73 Å². The van der Waals surface area contributed by atoms with Crippen LogP contribution < -0.4 is 5.73 Å². The van der Waals surface area contributed by atoms with Gasteiger partial charge in [0.2, 0.25) is 5.13 Å². The van der Waals surface area contributed by atoms with Crippen molar-refractivity contribution in [1.29, 1.82) is 0 Å². The minimum Gasteiger partial charge on any atom is -0.382 e. The maximum absolute atomic E-state index is 6.28. The van der Waals surface area contributed by atoms with Crippen LogP contribution in [0.2, 0.25) is 0 Å². The molecule has 0 fully saturated rings. The number of benzene rings is 1. The van der Waals surface area contributed by atoms with Crippen molar-refractivity contribution in [2.45, 2.75) is 6.92 Å². The molecule has 128 valence electrons. The van der Waals surface area contributed by atoms with Gasteiger partial charge in [0.1, 0.15) is 11.5 Å². The number of nitrogens with two attached hydrogens (primary N) is 1. The van der Waals surface area contributed by atoms with E-state index in [1.165, 1.54) is 16.2 Å². The Morgan fingerprint density at radius 2 is 1.81 bits per heavy atom. The molecule has 0 spiro atoms. The second kappa shape index (κ2) is 6.76. The molecule has 0 amide bonds.